The first-order valence-corrected chi connectivity index (χ1v) is 12.2. The summed E-state index contributed by atoms with van der Waals surface area (Å²) in [4.78, 5) is 26.7. The molecular weight excluding hydrogens is 454 g/mol. The van der Waals surface area contributed by atoms with Crippen LogP contribution < -0.4 is 10.2 Å². The Hall–Kier alpha value is -3.82. The van der Waals surface area contributed by atoms with Crippen LogP contribution in [-0.4, -0.2) is 67.9 Å². The van der Waals surface area contributed by atoms with Crippen molar-refractivity contribution in [2.24, 2.45) is 7.05 Å². The van der Waals surface area contributed by atoms with Crippen molar-refractivity contribution in [3.05, 3.63) is 66.2 Å². The number of anilines is 2. The fourth-order valence-electron chi connectivity index (χ4n) is 4.66. The number of carbonyl (C=O) groups excluding carboxylic acids is 1. The van der Waals surface area contributed by atoms with Crippen molar-refractivity contribution in [2.45, 2.75) is 26.5 Å². The molecule has 1 amide bonds. The van der Waals surface area contributed by atoms with Crippen LogP contribution in [0.4, 0.5) is 11.6 Å². The van der Waals surface area contributed by atoms with Crippen LogP contribution in [0.1, 0.15) is 29.9 Å². The second-order valence-corrected chi connectivity index (χ2v) is 9.39. The number of aliphatic hydroxyl groups is 1. The molecule has 9 nitrogen and oxygen atoms in total. The molecule has 1 aromatic carbocycles. The molecule has 0 bridgehead atoms. The standard InChI is InChI=1S/C27H31N7O2/c1-18(2)33-8-10-34(11-9-33)26-14-20(6-7-28-26)27(36)31-25-13-22-12-19(4-5-21(22)15-29-25)23-16-30-32(3)24(23)17-35/h4-7,12-16,18,35H,8-11,17H2,1-3H3,(H,29,31,36). The quantitative estimate of drug-likeness (QED) is 0.432. The van der Waals surface area contributed by atoms with Crippen molar-refractivity contribution < 1.29 is 9.90 Å². The minimum atomic E-state index is -0.225. The van der Waals surface area contributed by atoms with Crippen molar-refractivity contribution >= 4 is 28.3 Å². The van der Waals surface area contributed by atoms with Crippen LogP contribution in [0.5, 0.6) is 0 Å². The van der Waals surface area contributed by atoms with E-state index >= 15 is 0 Å². The van der Waals surface area contributed by atoms with Crippen LogP contribution in [0.2, 0.25) is 0 Å². The summed E-state index contributed by atoms with van der Waals surface area (Å²) in [6.45, 7) is 8.08. The van der Waals surface area contributed by atoms with Crippen molar-refractivity contribution in [1.29, 1.82) is 0 Å². The molecule has 0 saturated carbocycles. The van der Waals surface area contributed by atoms with Crippen LogP contribution in [0.3, 0.4) is 0 Å². The number of aromatic nitrogens is 4. The second-order valence-electron chi connectivity index (χ2n) is 9.39. The van der Waals surface area contributed by atoms with E-state index in [0.717, 1.165) is 59.6 Å². The average Bonchev–Trinajstić information content (AvgIpc) is 3.28. The normalized spacial score (nSPS) is 14.5. The molecule has 0 atom stereocenters. The van der Waals surface area contributed by atoms with Crippen molar-refractivity contribution in [3.8, 4) is 11.1 Å². The maximum Gasteiger partial charge on any atom is 0.257 e. The largest absolute Gasteiger partial charge is 0.390 e. The molecule has 0 spiro atoms. The van der Waals surface area contributed by atoms with Gasteiger partial charge in [0.1, 0.15) is 11.6 Å². The Bertz CT molecular complexity index is 1390. The number of rotatable bonds is 6. The molecule has 3 aromatic heterocycles. The number of nitrogens with zero attached hydrogens (tertiary/aromatic N) is 6. The van der Waals surface area contributed by atoms with E-state index in [-0.39, 0.29) is 12.5 Å². The molecule has 0 radical (unpaired) electrons. The van der Waals surface area contributed by atoms with Gasteiger partial charge in [0.2, 0.25) is 0 Å². The minimum absolute atomic E-state index is 0.0944. The SMILES string of the molecule is CC(C)N1CCN(c2cc(C(=O)Nc3cc4cc(-c5cnn(C)c5CO)ccc4cn3)ccn2)CC1. The first-order valence-electron chi connectivity index (χ1n) is 12.2. The summed E-state index contributed by atoms with van der Waals surface area (Å²) < 4.78 is 1.67. The third-order valence-corrected chi connectivity index (χ3v) is 6.86. The van der Waals surface area contributed by atoms with Gasteiger partial charge in [-0.05, 0) is 49.1 Å². The first kappa shape index (κ1) is 23.9. The fraction of sp³-hybridized carbons (Fsp3) is 0.333. The molecule has 9 heteroatoms. The fourth-order valence-corrected chi connectivity index (χ4v) is 4.66. The van der Waals surface area contributed by atoms with Crippen molar-refractivity contribution in [2.75, 3.05) is 36.4 Å². The van der Waals surface area contributed by atoms with E-state index in [1.807, 2.05) is 37.4 Å². The Morgan fingerprint density at radius 2 is 1.83 bits per heavy atom. The minimum Gasteiger partial charge on any atom is -0.390 e. The van der Waals surface area contributed by atoms with Crippen LogP contribution in [0, 0.1) is 0 Å². The van der Waals surface area contributed by atoms with E-state index < -0.39 is 0 Å². The summed E-state index contributed by atoms with van der Waals surface area (Å²) in [6, 6.07) is 11.9. The third-order valence-electron chi connectivity index (χ3n) is 6.86. The highest BCUT2D eigenvalue weighted by Crippen LogP contribution is 2.28. The Morgan fingerprint density at radius 3 is 2.58 bits per heavy atom. The Kier molecular flexibility index (Phi) is 6.67. The average molecular weight is 486 g/mol. The highest BCUT2D eigenvalue weighted by Gasteiger charge is 2.20. The lowest BCUT2D eigenvalue weighted by Crippen LogP contribution is -2.49. The Morgan fingerprint density at radius 1 is 1.03 bits per heavy atom. The van der Waals surface area contributed by atoms with E-state index in [9.17, 15) is 9.90 Å². The molecular formula is C27H31N7O2. The number of amides is 1. The summed E-state index contributed by atoms with van der Waals surface area (Å²) >= 11 is 0. The summed E-state index contributed by atoms with van der Waals surface area (Å²) in [5, 5.41) is 18.8. The second kappa shape index (κ2) is 10.0. The van der Waals surface area contributed by atoms with E-state index in [4.69, 9.17) is 0 Å². The maximum atomic E-state index is 13.1. The van der Waals surface area contributed by atoms with Gasteiger partial charge in [0, 0.05) is 68.2 Å². The van der Waals surface area contributed by atoms with E-state index in [2.05, 4.69) is 44.0 Å². The molecule has 1 aliphatic rings. The summed E-state index contributed by atoms with van der Waals surface area (Å²) in [7, 11) is 1.81. The number of aryl methyl sites for hydroxylation is 1. The van der Waals surface area contributed by atoms with Crippen LogP contribution >= 0.6 is 0 Å². The molecule has 36 heavy (non-hydrogen) atoms. The molecule has 0 aliphatic carbocycles. The van der Waals surface area contributed by atoms with Crippen molar-refractivity contribution in [1.82, 2.24) is 24.6 Å². The molecule has 1 saturated heterocycles. The number of aliphatic hydroxyl groups excluding tert-OH is 1. The number of piperazine rings is 1. The highest BCUT2D eigenvalue weighted by molar-refractivity contribution is 6.05. The predicted molar refractivity (Wildman–Crippen MR) is 141 cm³/mol. The molecule has 1 fully saturated rings. The van der Waals surface area contributed by atoms with Gasteiger partial charge in [-0.15, -0.1) is 0 Å². The zero-order chi connectivity index (χ0) is 25.2. The number of benzene rings is 1. The number of nitrogens with one attached hydrogen (secondary N) is 1. The Labute approximate surface area is 210 Å². The van der Waals surface area contributed by atoms with E-state index in [1.54, 1.807) is 29.3 Å². The van der Waals surface area contributed by atoms with E-state index in [0.29, 0.717) is 17.4 Å². The van der Waals surface area contributed by atoms with Crippen molar-refractivity contribution in [3.63, 3.8) is 0 Å². The zero-order valence-corrected chi connectivity index (χ0v) is 20.8. The molecule has 4 heterocycles. The number of carbonyl (C=O) groups is 1. The molecule has 4 aromatic rings. The van der Waals surface area contributed by atoms with Gasteiger partial charge >= 0.3 is 0 Å². The van der Waals surface area contributed by atoms with Gasteiger partial charge in [0.25, 0.3) is 5.91 Å². The Balaban J connectivity index is 1.33. The third kappa shape index (κ3) is 4.80. The lowest BCUT2D eigenvalue weighted by molar-refractivity contribution is 0.102. The van der Waals surface area contributed by atoms with Gasteiger partial charge in [-0.25, -0.2) is 9.97 Å². The monoisotopic (exact) mass is 485 g/mol. The lowest BCUT2D eigenvalue weighted by atomic mass is 10.0. The number of fused-ring (bicyclic) bond motifs is 1. The van der Waals surface area contributed by atoms with Gasteiger partial charge in [-0.2, -0.15) is 5.10 Å². The van der Waals surface area contributed by atoms with Gasteiger partial charge < -0.3 is 15.3 Å². The van der Waals surface area contributed by atoms with E-state index in [1.165, 1.54) is 0 Å². The predicted octanol–water partition coefficient (Wildman–Crippen LogP) is 3.31. The topological polar surface area (TPSA) is 99.4 Å². The van der Waals surface area contributed by atoms with Crippen LogP contribution in [0.25, 0.3) is 21.9 Å². The van der Waals surface area contributed by atoms with Crippen LogP contribution in [0.15, 0.2) is 55.0 Å². The number of hydrogen-bond donors (Lipinski definition) is 2. The summed E-state index contributed by atoms with van der Waals surface area (Å²) in [5.74, 6) is 1.07. The number of pyridine rings is 2. The lowest BCUT2D eigenvalue weighted by Gasteiger charge is -2.37. The first-order chi connectivity index (χ1) is 17.4. The molecule has 186 valence electrons. The maximum absolute atomic E-state index is 13.1. The van der Waals surface area contributed by atoms with Gasteiger partial charge in [-0.3, -0.25) is 14.4 Å². The molecule has 0 unspecified atom stereocenters. The molecule has 5 rings (SSSR count). The van der Waals surface area contributed by atoms with Gasteiger partial charge in [-0.1, -0.05) is 12.1 Å². The zero-order valence-electron chi connectivity index (χ0n) is 20.8. The molecule has 1 aliphatic heterocycles. The highest BCUT2D eigenvalue weighted by atomic mass is 16.3. The van der Waals surface area contributed by atoms with Crippen LogP contribution in [-0.2, 0) is 13.7 Å². The van der Waals surface area contributed by atoms with Gasteiger partial charge in [0.05, 0.1) is 18.5 Å². The smallest absolute Gasteiger partial charge is 0.257 e. The summed E-state index contributed by atoms with van der Waals surface area (Å²) in [6.07, 6.45) is 5.18. The van der Waals surface area contributed by atoms with Gasteiger partial charge in [0.15, 0.2) is 0 Å². The summed E-state index contributed by atoms with van der Waals surface area (Å²) in [5.41, 5.74) is 3.11. The number of hydrogen-bond acceptors (Lipinski definition) is 7. The molecule has 2 N–H and O–H groups in total.